The first-order valence-corrected chi connectivity index (χ1v) is 6.82. The quantitative estimate of drug-likeness (QED) is 0.876. The average molecular weight is 283 g/mol. The Balaban J connectivity index is 1.98. The topological polar surface area (TPSA) is 47.6 Å². The number of benzene rings is 2. The number of ketones is 1. The molecule has 1 aliphatic rings. The van der Waals surface area contributed by atoms with Crippen LogP contribution in [-0.4, -0.2) is 20.0 Å². The SMILES string of the molecule is COc1ccc(C(=O)c2ccc3c(c2)CNC3)c(OC)c1. The normalized spacial score (nSPS) is 12.9. The zero-order chi connectivity index (χ0) is 14.8. The smallest absolute Gasteiger partial charge is 0.196 e. The molecule has 0 saturated heterocycles. The summed E-state index contributed by atoms with van der Waals surface area (Å²) < 4.78 is 10.5. The van der Waals surface area contributed by atoms with Crippen LogP contribution in [0.5, 0.6) is 11.5 Å². The van der Waals surface area contributed by atoms with E-state index in [2.05, 4.69) is 5.32 Å². The van der Waals surface area contributed by atoms with Crippen molar-refractivity contribution < 1.29 is 14.3 Å². The number of methoxy groups -OCH3 is 2. The van der Waals surface area contributed by atoms with Crippen molar-refractivity contribution in [3.05, 3.63) is 58.7 Å². The van der Waals surface area contributed by atoms with Gasteiger partial charge in [0.1, 0.15) is 11.5 Å². The highest BCUT2D eigenvalue weighted by Gasteiger charge is 2.18. The lowest BCUT2D eigenvalue weighted by Gasteiger charge is -2.10. The third kappa shape index (κ3) is 2.50. The summed E-state index contributed by atoms with van der Waals surface area (Å²) in [5, 5.41) is 3.28. The summed E-state index contributed by atoms with van der Waals surface area (Å²) in [5.74, 6) is 1.16. The number of hydrogen-bond acceptors (Lipinski definition) is 4. The van der Waals surface area contributed by atoms with Crippen LogP contribution in [0.4, 0.5) is 0 Å². The van der Waals surface area contributed by atoms with Gasteiger partial charge in [0.25, 0.3) is 0 Å². The van der Waals surface area contributed by atoms with Gasteiger partial charge in [-0.15, -0.1) is 0 Å². The summed E-state index contributed by atoms with van der Waals surface area (Å²) in [7, 11) is 3.14. The molecule has 0 fully saturated rings. The van der Waals surface area contributed by atoms with Gasteiger partial charge < -0.3 is 14.8 Å². The molecule has 3 rings (SSSR count). The van der Waals surface area contributed by atoms with Crippen molar-refractivity contribution in [2.24, 2.45) is 0 Å². The van der Waals surface area contributed by atoms with Gasteiger partial charge in [-0.3, -0.25) is 4.79 Å². The fourth-order valence-electron chi connectivity index (χ4n) is 2.58. The van der Waals surface area contributed by atoms with E-state index in [0.717, 1.165) is 13.1 Å². The maximum atomic E-state index is 12.7. The van der Waals surface area contributed by atoms with E-state index < -0.39 is 0 Å². The number of hydrogen-bond donors (Lipinski definition) is 1. The van der Waals surface area contributed by atoms with Gasteiger partial charge in [0, 0.05) is 24.7 Å². The summed E-state index contributed by atoms with van der Waals surface area (Å²) >= 11 is 0. The number of carbonyl (C=O) groups excluding carboxylic acids is 1. The van der Waals surface area contributed by atoms with Crippen LogP contribution < -0.4 is 14.8 Å². The molecule has 4 nitrogen and oxygen atoms in total. The van der Waals surface area contributed by atoms with Gasteiger partial charge in [0.2, 0.25) is 0 Å². The van der Waals surface area contributed by atoms with Crippen molar-refractivity contribution in [3.63, 3.8) is 0 Å². The molecular weight excluding hydrogens is 266 g/mol. The van der Waals surface area contributed by atoms with E-state index in [0.29, 0.717) is 22.6 Å². The fraction of sp³-hybridized carbons (Fsp3) is 0.235. The van der Waals surface area contributed by atoms with Crippen LogP contribution >= 0.6 is 0 Å². The molecule has 1 aliphatic heterocycles. The highest BCUT2D eigenvalue weighted by molar-refractivity contribution is 6.11. The molecule has 0 unspecified atom stereocenters. The van der Waals surface area contributed by atoms with Crippen LogP contribution in [0, 0.1) is 0 Å². The lowest BCUT2D eigenvalue weighted by molar-refractivity contribution is 0.103. The zero-order valence-electron chi connectivity index (χ0n) is 12.1. The first-order valence-electron chi connectivity index (χ1n) is 6.82. The van der Waals surface area contributed by atoms with Crippen LogP contribution in [0.25, 0.3) is 0 Å². The zero-order valence-corrected chi connectivity index (χ0v) is 12.1. The maximum Gasteiger partial charge on any atom is 0.196 e. The first-order chi connectivity index (χ1) is 10.2. The minimum atomic E-state index is -0.0378. The molecule has 0 atom stereocenters. The Morgan fingerprint density at radius 3 is 2.57 bits per heavy atom. The summed E-state index contributed by atoms with van der Waals surface area (Å²) in [6, 6.07) is 11.1. The van der Waals surface area contributed by atoms with Crippen LogP contribution in [-0.2, 0) is 13.1 Å². The van der Waals surface area contributed by atoms with Gasteiger partial charge in [-0.25, -0.2) is 0 Å². The first kappa shape index (κ1) is 13.6. The molecule has 0 amide bonds. The Morgan fingerprint density at radius 2 is 1.81 bits per heavy atom. The van der Waals surface area contributed by atoms with E-state index in [-0.39, 0.29) is 5.78 Å². The van der Waals surface area contributed by atoms with Gasteiger partial charge in [0.05, 0.1) is 19.8 Å². The molecule has 2 aromatic rings. The van der Waals surface area contributed by atoms with Gasteiger partial charge >= 0.3 is 0 Å². The number of rotatable bonds is 4. The third-order valence-electron chi connectivity index (χ3n) is 3.75. The standard InChI is InChI=1S/C17H17NO3/c1-20-14-5-6-15(16(8-14)21-2)17(19)11-3-4-12-9-18-10-13(12)7-11/h3-8,18H,9-10H2,1-2H3. The molecule has 0 aromatic heterocycles. The van der Waals surface area contributed by atoms with E-state index in [4.69, 9.17) is 9.47 Å². The Morgan fingerprint density at radius 1 is 1.00 bits per heavy atom. The molecule has 108 valence electrons. The molecule has 0 saturated carbocycles. The van der Waals surface area contributed by atoms with Gasteiger partial charge in [-0.05, 0) is 29.3 Å². The lowest BCUT2D eigenvalue weighted by atomic mass is 9.98. The Bertz CT molecular complexity index is 694. The van der Waals surface area contributed by atoms with Crippen molar-refractivity contribution in [1.82, 2.24) is 5.32 Å². The maximum absolute atomic E-state index is 12.7. The number of carbonyl (C=O) groups is 1. The third-order valence-corrected chi connectivity index (χ3v) is 3.75. The highest BCUT2D eigenvalue weighted by atomic mass is 16.5. The van der Waals surface area contributed by atoms with Crippen molar-refractivity contribution in [2.45, 2.75) is 13.1 Å². The van der Waals surface area contributed by atoms with E-state index >= 15 is 0 Å². The van der Waals surface area contributed by atoms with Crippen molar-refractivity contribution in [3.8, 4) is 11.5 Å². The predicted octanol–water partition coefficient (Wildman–Crippen LogP) is 2.54. The number of nitrogens with one attached hydrogen (secondary N) is 1. The highest BCUT2D eigenvalue weighted by Crippen LogP contribution is 2.27. The Kier molecular flexibility index (Phi) is 3.62. The fourth-order valence-corrected chi connectivity index (χ4v) is 2.58. The molecule has 0 aliphatic carbocycles. The van der Waals surface area contributed by atoms with Crippen LogP contribution in [0.2, 0.25) is 0 Å². The number of fused-ring (bicyclic) bond motifs is 1. The van der Waals surface area contributed by atoms with Gasteiger partial charge in [0.15, 0.2) is 5.78 Å². The van der Waals surface area contributed by atoms with Crippen LogP contribution in [0.15, 0.2) is 36.4 Å². The Labute approximate surface area is 123 Å². The lowest BCUT2D eigenvalue weighted by Crippen LogP contribution is -2.05. The summed E-state index contributed by atoms with van der Waals surface area (Å²) in [4.78, 5) is 12.7. The van der Waals surface area contributed by atoms with E-state index in [1.807, 2.05) is 18.2 Å². The molecule has 1 heterocycles. The Hall–Kier alpha value is -2.33. The van der Waals surface area contributed by atoms with E-state index in [9.17, 15) is 4.79 Å². The van der Waals surface area contributed by atoms with Crippen molar-refractivity contribution in [2.75, 3.05) is 14.2 Å². The van der Waals surface area contributed by atoms with E-state index in [1.165, 1.54) is 11.1 Å². The molecule has 1 N–H and O–H groups in total. The minimum Gasteiger partial charge on any atom is -0.497 e. The molecule has 2 aromatic carbocycles. The van der Waals surface area contributed by atoms with Crippen molar-refractivity contribution in [1.29, 1.82) is 0 Å². The molecular formula is C17H17NO3. The largest absolute Gasteiger partial charge is 0.497 e. The summed E-state index contributed by atoms with van der Waals surface area (Å²) in [5.41, 5.74) is 3.67. The summed E-state index contributed by atoms with van der Waals surface area (Å²) in [6.07, 6.45) is 0. The molecule has 4 heteroatoms. The summed E-state index contributed by atoms with van der Waals surface area (Å²) in [6.45, 7) is 1.69. The second-order valence-corrected chi connectivity index (χ2v) is 4.98. The van der Waals surface area contributed by atoms with E-state index in [1.54, 1.807) is 32.4 Å². The average Bonchev–Trinajstić information content (AvgIpc) is 3.01. The molecule has 0 radical (unpaired) electrons. The van der Waals surface area contributed by atoms with Gasteiger partial charge in [-0.1, -0.05) is 12.1 Å². The van der Waals surface area contributed by atoms with Crippen LogP contribution in [0.3, 0.4) is 0 Å². The monoisotopic (exact) mass is 283 g/mol. The minimum absolute atomic E-state index is 0.0378. The molecule has 0 bridgehead atoms. The second-order valence-electron chi connectivity index (χ2n) is 4.98. The second kappa shape index (κ2) is 5.58. The molecule has 21 heavy (non-hydrogen) atoms. The molecule has 0 spiro atoms. The van der Waals surface area contributed by atoms with Crippen molar-refractivity contribution >= 4 is 5.78 Å². The number of ether oxygens (including phenoxy) is 2. The van der Waals surface area contributed by atoms with Gasteiger partial charge in [-0.2, -0.15) is 0 Å². The predicted molar refractivity (Wildman–Crippen MR) is 80.0 cm³/mol. The van der Waals surface area contributed by atoms with Crippen LogP contribution in [0.1, 0.15) is 27.0 Å².